The molecule has 2 rings (SSSR count). The Balaban J connectivity index is 1.81. The smallest absolute Gasteiger partial charge is 0.226 e. The van der Waals surface area contributed by atoms with Crippen molar-refractivity contribution in [3.05, 3.63) is 0 Å². The van der Waals surface area contributed by atoms with Gasteiger partial charge in [0.1, 0.15) is 0 Å². The Kier molecular flexibility index (Phi) is 5.62. The van der Waals surface area contributed by atoms with Gasteiger partial charge in [-0.15, -0.1) is 0 Å². The SMILES string of the molecule is CC(=O)NCC1CCN(C(=O)C2CCCC(N)C2C)CC1. The summed E-state index contributed by atoms with van der Waals surface area (Å²) in [6.07, 6.45) is 5.07. The van der Waals surface area contributed by atoms with Gasteiger partial charge in [-0.2, -0.15) is 0 Å². The largest absolute Gasteiger partial charge is 0.356 e. The van der Waals surface area contributed by atoms with Crippen molar-refractivity contribution in [2.24, 2.45) is 23.5 Å². The molecule has 1 saturated carbocycles. The van der Waals surface area contributed by atoms with Gasteiger partial charge in [-0.25, -0.2) is 0 Å². The molecule has 5 nitrogen and oxygen atoms in total. The van der Waals surface area contributed by atoms with Gasteiger partial charge >= 0.3 is 0 Å². The molecule has 0 aromatic rings. The summed E-state index contributed by atoms with van der Waals surface area (Å²) in [7, 11) is 0. The molecule has 21 heavy (non-hydrogen) atoms. The van der Waals surface area contributed by atoms with E-state index in [4.69, 9.17) is 5.73 Å². The minimum absolute atomic E-state index is 0.0264. The number of hydrogen-bond acceptors (Lipinski definition) is 3. The molecule has 1 aliphatic heterocycles. The zero-order chi connectivity index (χ0) is 15.4. The van der Waals surface area contributed by atoms with E-state index in [0.717, 1.165) is 51.7 Å². The van der Waals surface area contributed by atoms with Gasteiger partial charge in [0.05, 0.1) is 0 Å². The zero-order valence-corrected chi connectivity index (χ0v) is 13.3. The highest BCUT2D eigenvalue weighted by Crippen LogP contribution is 2.31. The fourth-order valence-electron chi connectivity index (χ4n) is 3.63. The molecule has 0 aromatic carbocycles. The van der Waals surface area contributed by atoms with Gasteiger partial charge in [0.15, 0.2) is 0 Å². The number of piperidine rings is 1. The quantitative estimate of drug-likeness (QED) is 0.819. The molecule has 2 aliphatic rings. The van der Waals surface area contributed by atoms with Crippen molar-refractivity contribution in [3.8, 4) is 0 Å². The van der Waals surface area contributed by atoms with Crippen LogP contribution in [0.3, 0.4) is 0 Å². The molecule has 1 saturated heterocycles. The van der Waals surface area contributed by atoms with Crippen molar-refractivity contribution < 1.29 is 9.59 Å². The number of amides is 2. The standard InChI is InChI=1S/C16H29N3O2/c1-11-14(4-3-5-15(11)17)16(21)19-8-6-13(7-9-19)10-18-12(2)20/h11,13-15H,3-10,17H2,1-2H3,(H,18,20). The lowest BCUT2D eigenvalue weighted by Crippen LogP contribution is -2.48. The number of nitrogens with zero attached hydrogens (tertiary/aromatic N) is 1. The van der Waals surface area contributed by atoms with Gasteiger partial charge in [0.2, 0.25) is 11.8 Å². The fourth-order valence-corrected chi connectivity index (χ4v) is 3.63. The molecular weight excluding hydrogens is 266 g/mol. The Hall–Kier alpha value is -1.10. The summed E-state index contributed by atoms with van der Waals surface area (Å²) < 4.78 is 0. The Bertz CT molecular complexity index is 378. The van der Waals surface area contributed by atoms with Crippen LogP contribution in [0.1, 0.15) is 46.0 Å². The summed E-state index contributed by atoms with van der Waals surface area (Å²) in [6, 6.07) is 0.171. The third-order valence-corrected chi connectivity index (χ3v) is 5.25. The molecule has 1 heterocycles. The fraction of sp³-hybridized carbons (Fsp3) is 0.875. The van der Waals surface area contributed by atoms with Crippen LogP contribution in [-0.2, 0) is 9.59 Å². The average Bonchev–Trinajstić information content (AvgIpc) is 2.48. The first-order valence-electron chi connectivity index (χ1n) is 8.28. The first-order chi connectivity index (χ1) is 9.99. The lowest BCUT2D eigenvalue weighted by atomic mass is 9.76. The minimum Gasteiger partial charge on any atom is -0.356 e. The van der Waals surface area contributed by atoms with E-state index in [-0.39, 0.29) is 17.9 Å². The highest BCUT2D eigenvalue weighted by Gasteiger charge is 2.36. The highest BCUT2D eigenvalue weighted by atomic mass is 16.2. The Morgan fingerprint density at radius 2 is 1.86 bits per heavy atom. The Morgan fingerprint density at radius 3 is 2.48 bits per heavy atom. The average molecular weight is 295 g/mol. The van der Waals surface area contributed by atoms with Crippen LogP contribution in [0.2, 0.25) is 0 Å². The number of nitrogens with one attached hydrogen (secondary N) is 1. The van der Waals surface area contributed by atoms with Crippen LogP contribution in [0.4, 0.5) is 0 Å². The maximum absolute atomic E-state index is 12.7. The molecule has 2 fully saturated rings. The van der Waals surface area contributed by atoms with Crippen LogP contribution < -0.4 is 11.1 Å². The van der Waals surface area contributed by atoms with E-state index in [1.165, 1.54) is 0 Å². The molecule has 0 radical (unpaired) electrons. The molecule has 0 aromatic heterocycles. The second-order valence-electron chi connectivity index (χ2n) is 6.77. The number of hydrogen-bond donors (Lipinski definition) is 2. The van der Waals surface area contributed by atoms with E-state index in [0.29, 0.717) is 17.7 Å². The molecule has 0 spiro atoms. The van der Waals surface area contributed by atoms with Crippen LogP contribution in [0.15, 0.2) is 0 Å². The van der Waals surface area contributed by atoms with Gasteiger partial charge in [-0.3, -0.25) is 9.59 Å². The lowest BCUT2D eigenvalue weighted by Gasteiger charge is -2.39. The minimum atomic E-state index is 0.0264. The molecule has 120 valence electrons. The summed E-state index contributed by atoms with van der Waals surface area (Å²) in [4.78, 5) is 25.6. The maximum atomic E-state index is 12.7. The highest BCUT2D eigenvalue weighted by molar-refractivity contribution is 5.79. The Labute approximate surface area is 127 Å². The maximum Gasteiger partial charge on any atom is 0.226 e. The van der Waals surface area contributed by atoms with Gasteiger partial charge in [0.25, 0.3) is 0 Å². The molecule has 3 N–H and O–H groups in total. The molecule has 0 bridgehead atoms. The number of rotatable bonds is 3. The topological polar surface area (TPSA) is 75.4 Å². The second kappa shape index (κ2) is 7.25. The molecular formula is C16H29N3O2. The number of carbonyl (C=O) groups is 2. The van der Waals surface area contributed by atoms with Crippen molar-refractivity contribution in [3.63, 3.8) is 0 Å². The van der Waals surface area contributed by atoms with Gasteiger partial charge in [0, 0.05) is 38.5 Å². The van der Waals surface area contributed by atoms with Gasteiger partial charge in [-0.1, -0.05) is 13.3 Å². The summed E-state index contributed by atoms with van der Waals surface area (Å²) >= 11 is 0. The molecule has 5 heteroatoms. The number of carbonyl (C=O) groups excluding carboxylic acids is 2. The zero-order valence-electron chi connectivity index (χ0n) is 13.3. The van der Waals surface area contributed by atoms with Crippen LogP contribution >= 0.6 is 0 Å². The summed E-state index contributed by atoms with van der Waals surface area (Å²) in [5, 5.41) is 2.88. The number of nitrogens with two attached hydrogens (primary N) is 1. The van der Waals surface area contributed by atoms with Crippen LogP contribution in [0.5, 0.6) is 0 Å². The van der Waals surface area contributed by atoms with Gasteiger partial charge < -0.3 is 16.0 Å². The third kappa shape index (κ3) is 4.19. The Morgan fingerprint density at radius 1 is 1.19 bits per heavy atom. The summed E-state index contributed by atoms with van der Waals surface area (Å²) in [6.45, 7) is 6.05. The van der Waals surface area contributed by atoms with E-state index in [2.05, 4.69) is 12.2 Å². The van der Waals surface area contributed by atoms with Crippen molar-refractivity contribution in [2.45, 2.75) is 52.0 Å². The third-order valence-electron chi connectivity index (χ3n) is 5.25. The van der Waals surface area contributed by atoms with Gasteiger partial charge in [-0.05, 0) is 37.5 Å². The normalized spacial score (nSPS) is 31.0. The lowest BCUT2D eigenvalue weighted by molar-refractivity contribution is -0.140. The molecule has 3 unspecified atom stereocenters. The van der Waals surface area contributed by atoms with E-state index in [1.807, 2.05) is 4.90 Å². The first-order valence-corrected chi connectivity index (χ1v) is 8.28. The van der Waals surface area contributed by atoms with Crippen molar-refractivity contribution >= 4 is 11.8 Å². The van der Waals surface area contributed by atoms with Crippen LogP contribution in [0.25, 0.3) is 0 Å². The molecule has 3 atom stereocenters. The van der Waals surface area contributed by atoms with E-state index in [1.54, 1.807) is 6.92 Å². The predicted molar refractivity (Wildman–Crippen MR) is 82.5 cm³/mol. The number of likely N-dealkylation sites (tertiary alicyclic amines) is 1. The summed E-state index contributed by atoms with van der Waals surface area (Å²) in [5.41, 5.74) is 6.11. The summed E-state index contributed by atoms with van der Waals surface area (Å²) in [5.74, 6) is 1.24. The van der Waals surface area contributed by atoms with Crippen LogP contribution in [-0.4, -0.2) is 42.4 Å². The van der Waals surface area contributed by atoms with Crippen molar-refractivity contribution in [1.29, 1.82) is 0 Å². The predicted octanol–water partition coefficient (Wildman–Crippen LogP) is 1.12. The van der Waals surface area contributed by atoms with Crippen molar-refractivity contribution in [1.82, 2.24) is 10.2 Å². The first kappa shape index (κ1) is 16.3. The van der Waals surface area contributed by atoms with E-state index < -0.39 is 0 Å². The van der Waals surface area contributed by atoms with E-state index in [9.17, 15) is 9.59 Å². The van der Waals surface area contributed by atoms with Crippen molar-refractivity contribution in [2.75, 3.05) is 19.6 Å². The molecule has 1 aliphatic carbocycles. The second-order valence-corrected chi connectivity index (χ2v) is 6.77. The molecule has 2 amide bonds. The van der Waals surface area contributed by atoms with E-state index >= 15 is 0 Å². The monoisotopic (exact) mass is 295 g/mol. The van der Waals surface area contributed by atoms with Crippen LogP contribution in [0, 0.1) is 17.8 Å².